The van der Waals surface area contributed by atoms with Gasteiger partial charge in [-0.25, -0.2) is 0 Å². The topological polar surface area (TPSA) is 21.6 Å². The van der Waals surface area contributed by atoms with Gasteiger partial charge in [0.15, 0.2) is 5.05 Å². The average Bonchev–Trinajstić information content (AvgIpc) is 2.54. The highest BCUT2D eigenvalue weighted by molar-refractivity contribution is 7.80. The molecule has 0 fully saturated rings. The largest absolute Gasteiger partial charge is 0.487 e. The number of alkyl halides is 1. The molecule has 0 amide bonds. The summed E-state index contributed by atoms with van der Waals surface area (Å²) in [5, 5.41) is 0.565. The molecule has 1 aliphatic carbocycles. The van der Waals surface area contributed by atoms with Gasteiger partial charge in [-0.15, -0.1) is 11.6 Å². The molecule has 0 N–H and O–H groups in total. The number of halogens is 1. The Hall–Kier alpha value is -0.670. The Morgan fingerprint density at radius 3 is 2.86 bits per heavy atom. The van der Waals surface area contributed by atoms with Gasteiger partial charge in [0, 0.05) is 13.5 Å². The Kier molecular flexibility index (Phi) is 9.65. The van der Waals surface area contributed by atoms with E-state index in [1.54, 1.807) is 7.05 Å². The fourth-order valence-electron chi connectivity index (χ4n) is 2.45. The molecule has 0 spiro atoms. The van der Waals surface area contributed by atoms with Gasteiger partial charge in [0.1, 0.15) is 0 Å². The van der Waals surface area contributed by atoms with Crippen molar-refractivity contribution < 1.29 is 4.74 Å². The van der Waals surface area contributed by atoms with E-state index in [1.807, 2.05) is 12.2 Å². The molecule has 0 heterocycles. The molecule has 0 radical (unpaired) electrons. The van der Waals surface area contributed by atoms with Crippen molar-refractivity contribution in [1.82, 2.24) is 0 Å². The number of hydrogen-bond acceptors (Lipinski definition) is 3. The number of allylic oxidation sites excluding steroid dienone is 4. The van der Waals surface area contributed by atoms with Crippen molar-refractivity contribution in [2.75, 3.05) is 13.7 Å². The summed E-state index contributed by atoms with van der Waals surface area (Å²) in [5.41, 5.74) is 2.07. The highest BCUT2D eigenvalue weighted by Crippen LogP contribution is 2.22. The van der Waals surface area contributed by atoms with Gasteiger partial charge in [-0.1, -0.05) is 45.3 Å². The Balaban J connectivity index is 2.34. The number of ether oxygens (including phenoxy) is 1. The Bertz CT molecular complexity index is 442. The molecule has 22 heavy (non-hydrogen) atoms. The lowest BCUT2D eigenvalue weighted by Crippen LogP contribution is -2.19. The molecular formula is C18H28ClNOS. The van der Waals surface area contributed by atoms with E-state index in [9.17, 15) is 0 Å². The van der Waals surface area contributed by atoms with Crippen molar-refractivity contribution in [3.05, 3.63) is 23.8 Å². The predicted octanol–water partition coefficient (Wildman–Crippen LogP) is 5.50. The first-order chi connectivity index (χ1) is 10.6. The molecular weight excluding hydrogens is 314 g/mol. The third-order valence-electron chi connectivity index (χ3n) is 4.06. The van der Waals surface area contributed by atoms with E-state index >= 15 is 0 Å². The van der Waals surface area contributed by atoms with Crippen LogP contribution >= 0.6 is 23.8 Å². The number of rotatable bonds is 9. The van der Waals surface area contributed by atoms with E-state index in [-0.39, 0.29) is 5.38 Å². The molecule has 0 aliphatic heterocycles. The van der Waals surface area contributed by atoms with Crippen LogP contribution in [0.1, 0.15) is 52.4 Å². The lowest BCUT2D eigenvalue weighted by atomic mass is 9.98. The minimum absolute atomic E-state index is 0.134. The SMILES string of the molecule is CCCCC(CC)COC(=S)CCC1=CC=CC(=NC)C1Cl. The van der Waals surface area contributed by atoms with Crippen molar-refractivity contribution in [3.63, 3.8) is 0 Å². The molecule has 124 valence electrons. The lowest BCUT2D eigenvalue weighted by Gasteiger charge is -2.19. The van der Waals surface area contributed by atoms with Crippen LogP contribution in [0.3, 0.4) is 0 Å². The highest BCUT2D eigenvalue weighted by atomic mass is 35.5. The van der Waals surface area contributed by atoms with E-state index in [0.29, 0.717) is 11.0 Å². The molecule has 0 aromatic heterocycles. The Labute approximate surface area is 145 Å². The third kappa shape index (κ3) is 6.62. The van der Waals surface area contributed by atoms with Crippen LogP contribution < -0.4 is 0 Å². The first-order valence-corrected chi connectivity index (χ1v) is 9.10. The van der Waals surface area contributed by atoms with Crippen LogP contribution in [0.4, 0.5) is 0 Å². The Morgan fingerprint density at radius 2 is 2.23 bits per heavy atom. The summed E-state index contributed by atoms with van der Waals surface area (Å²) in [6.07, 6.45) is 12.5. The lowest BCUT2D eigenvalue weighted by molar-refractivity contribution is 0.223. The van der Waals surface area contributed by atoms with Gasteiger partial charge in [0.05, 0.1) is 17.7 Å². The molecule has 0 aromatic carbocycles. The molecule has 0 bridgehead atoms. The zero-order valence-corrected chi connectivity index (χ0v) is 15.6. The molecule has 4 heteroatoms. The summed E-state index contributed by atoms with van der Waals surface area (Å²) >= 11 is 11.8. The van der Waals surface area contributed by atoms with Crippen LogP contribution in [-0.4, -0.2) is 29.8 Å². The minimum Gasteiger partial charge on any atom is -0.487 e. The second-order valence-corrected chi connectivity index (χ2v) is 6.60. The quantitative estimate of drug-likeness (QED) is 0.408. The molecule has 0 aromatic rings. The van der Waals surface area contributed by atoms with Crippen molar-refractivity contribution in [2.45, 2.75) is 57.7 Å². The second kappa shape index (κ2) is 11.0. The van der Waals surface area contributed by atoms with Gasteiger partial charge in [-0.2, -0.15) is 0 Å². The fourth-order valence-corrected chi connectivity index (χ4v) is 2.98. The normalized spacial score (nSPS) is 20.8. The number of hydrogen-bond donors (Lipinski definition) is 0. The van der Waals surface area contributed by atoms with E-state index in [1.165, 1.54) is 19.3 Å². The molecule has 2 atom stereocenters. The maximum Gasteiger partial charge on any atom is 0.160 e. The average molecular weight is 342 g/mol. The first-order valence-electron chi connectivity index (χ1n) is 8.25. The minimum atomic E-state index is -0.134. The van der Waals surface area contributed by atoms with Crippen LogP contribution in [0, 0.1) is 5.92 Å². The smallest absolute Gasteiger partial charge is 0.160 e. The zero-order valence-electron chi connectivity index (χ0n) is 14.0. The van der Waals surface area contributed by atoms with Crippen molar-refractivity contribution in [3.8, 4) is 0 Å². The van der Waals surface area contributed by atoms with Crippen LogP contribution in [0.2, 0.25) is 0 Å². The summed E-state index contributed by atoms with van der Waals surface area (Å²) in [4.78, 5) is 4.20. The Morgan fingerprint density at radius 1 is 1.45 bits per heavy atom. The molecule has 2 nitrogen and oxygen atoms in total. The monoisotopic (exact) mass is 341 g/mol. The number of aliphatic imine (C=N–C) groups is 1. The van der Waals surface area contributed by atoms with Crippen LogP contribution in [0.25, 0.3) is 0 Å². The maximum absolute atomic E-state index is 6.41. The van der Waals surface area contributed by atoms with Crippen molar-refractivity contribution in [2.24, 2.45) is 10.9 Å². The molecule has 1 rings (SSSR count). The van der Waals surface area contributed by atoms with Gasteiger partial charge in [-0.3, -0.25) is 4.99 Å². The highest BCUT2D eigenvalue weighted by Gasteiger charge is 2.18. The van der Waals surface area contributed by atoms with E-state index in [4.69, 9.17) is 28.6 Å². The summed E-state index contributed by atoms with van der Waals surface area (Å²) in [7, 11) is 1.77. The summed E-state index contributed by atoms with van der Waals surface area (Å²) in [6.45, 7) is 5.19. The molecule has 2 unspecified atom stereocenters. The van der Waals surface area contributed by atoms with Crippen molar-refractivity contribution >= 4 is 34.6 Å². The van der Waals surface area contributed by atoms with Crippen LogP contribution in [-0.2, 0) is 4.74 Å². The van der Waals surface area contributed by atoms with E-state index in [0.717, 1.165) is 37.2 Å². The van der Waals surface area contributed by atoms with Gasteiger partial charge in [0.2, 0.25) is 0 Å². The second-order valence-electron chi connectivity index (χ2n) is 5.71. The van der Waals surface area contributed by atoms with Gasteiger partial charge >= 0.3 is 0 Å². The van der Waals surface area contributed by atoms with Crippen LogP contribution in [0.5, 0.6) is 0 Å². The molecule has 0 saturated carbocycles. The van der Waals surface area contributed by atoms with Gasteiger partial charge < -0.3 is 4.74 Å². The van der Waals surface area contributed by atoms with Gasteiger partial charge in [-0.05, 0) is 42.6 Å². The fraction of sp³-hybridized carbons (Fsp3) is 0.667. The first kappa shape index (κ1) is 19.4. The summed E-state index contributed by atoms with van der Waals surface area (Å²) in [6, 6.07) is 0. The molecule has 1 aliphatic rings. The van der Waals surface area contributed by atoms with Crippen molar-refractivity contribution in [1.29, 1.82) is 0 Å². The van der Waals surface area contributed by atoms with E-state index < -0.39 is 0 Å². The molecule has 0 saturated heterocycles. The zero-order chi connectivity index (χ0) is 16.4. The number of nitrogens with zero attached hydrogens (tertiary/aromatic N) is 1. The predicted molar refractivity (Wildman–Crippen MR) is 101 cm³/mol. The van der Waals surface area contributed by atoms with Gasteiger partial charge in [0.25, 0.3) is 0 Å². The van der Waals surface area contributed by atoms with E-state index in [2.05, 4.69) is 24.9 Å². The standard InChI is InChI=1S/C18H28ClNOS/c1-4-6-8-14(5-2)13-21-17(22)12-11-15-9-7-10-16(20-3)18(15)19/h7,9-10,14,18H,4-6,8,11-13H2,1-3H3. The summed E-state index contributed by atoms with van der Waals surface area (Å²) in [5.74, 6) is 0.620. The number of unbranched alkanes of at least 4 members (excludes halogenated alkanes) is 1. The number of thiocarbonyl (C=S) groups is 1. The maximum atomic E-state index is 6.41. The summed E-state index contributed by atoms with van der Waals surface area (Å²) < 4.78 is 5.78. The van der Waals surface area contributed by atoms with Crippen LogP contribution in [0.15, 0.2) is 28.8 Å². The third-order valence-corrected chi connectivity index (χ3v) is 4.89.